The number of fused-ring (bicyclic) bond motifs is 1. The van der Waals surface area contributed by atoms with Gasteiger partial charge in [0.1, 0.15) is 0 Å². The SMILES string of the molecule is Nc1cc(Cl)cc(S(=O)(=O)N2Cc3ccccc3C2)c1Br. The number of nitrogens with zero attached hydrogens (tertiary/aromatic N) is 1. The summed E-state index contributed by atoms with van der Waals surface area (Å²) in [5.41, 5.74) is 8.13. The molecule has 0 bridgehead atoms. The number of nitrogens with two attached hydrogens (primary N) is 1. The van der Waals surface area contributed by atoms with Crippen molar-refractivity contribution < 1.29 is 8.42 Å². The van der Waals surface area contributed by atoms with E-state index in [0.29, 0.717) is 28.3 Å². The van der Waals surface area contributed by atoms with E-state index in [1.807, 2.05) is 24.3 Å². The summed E-state index contributed by atoms with van der Waals surface area (Å²) in [7, 11) is -3.66. The first-order valence-corrected chi connectivity index (χ1v) is 8.82. The molecule has 2 aromatic rings. The van der Waals surface area contributed by atoms with Crippen LogP contribution >= 0.6 is 27.5 Å². The third kappa shape index (κ3) is 2.57. The van der Waals surface area contributed by atoms with Crippen LogP contribution in [0.1, 0.15) is 11.1 Å². The molecule has 1 heterocycles. The van der Waals surface area contributed by atoms with E-state index in [4.69, 9.17) is 17.3 Å². The van der Waals surface area contributed by atoms with E-state index >= 15 is 0 Å². The molecular weight excluding hydrogens is 376 g/mol. The minimum atomic E-state index is -3.66. The van der Waals surface area contributed by atoms with Gasteiger partial charge in [-0.2, -0.15) is 4.31 Å². The lowest BCUT2D eigenvalue weighted by molar-refractivity contribution is 0.431. The summed E-state index contributed by atoms with van der Waals surface area (Å²) in [5, 5.41) is 0.297. The van der Waals surface area contributed by atoms with Crippen LogP contribution in [0.15, 0.2) is 45.8 Å². The quantitative estimate of drug-likeness (QED) is 0.803. The number of hydrogen-bond donors (Lipinski definition) is 1. The highest BCUT2D eigenvalue weighted by Crippen LogP contribution is 2.36. The molecule has 4 nitrogen and oxygen atoms in total. The van der Waals surface area contributed by atoms with E-state index in [2.05, 4.69) is 15.9 Å². The van der Waals surface area contributed by atoms with Crippen LogP contribution in [-0.2, 0) is 23.1 Å². The zero-order valence-corrected chi connectivity index (χ0v) is 14.0. The Morgan fingerprint density at radius 3 is 2.29 bits per heavy atom. The van der Waals surface area contributed by atoms with Crippen LogP contribution < -0.4 is 5.73 Å². The van der Waals surface area contributed by atoms with Gasteiger partial charge in [0.25, 0.3) is 0 Å². The highest BCUT2D eigenvalue weighted by molar-refractivity contribution is 9.10. The summed E-state index contributed by atoms with van der Waals surface area (Å²) < 4.78 is 27.4. The summed E-state index contributed by atoms with van der Waals surface area (Å²) in [4.78, 5) is 0.0975. The number of halogens is 2. The van der Waals surface area contributed by atoms with Crippen LogP contribution in [0.4, 0.5) is 5.69 Å². The first-order chi connectivity index (χ1) is 9.89. The van der Waals surface area contributed by atoms with Crippen LogP contribution in [0.2, 0.25) is 5.02 Å². The molecule has 0 aliphatic carbocycles. The molecule has 0 unspecified atom stereocenters. The highest BCUT2D eigenvalue weighted by Gasteiger charge is 2.32. The molecule has 2 N–H and O–H groups in total. The zero-order valence-electron chi connectivity index (χ0n) is 10.9. The molecule has 0 atom stereocenters. The fourth-order valence-corrected chi connectivity index (χ4v) is 5.03. The molecule has 110 valence electrons. The summed E-state index contributed by atoms with van der Waals surface area (Å²) >= 11 is 9.18. The summed E-state index contributed by atoms with van der Waals surface area (Å²) in [5.74, 6) is 0. The third-order valence-corrected chi connectivity index (χ3v) is 6.64. The predicted octanol–water partition coefficient (Wildman–Crippen LogP) is 3.39. The number of benzene rings is 2. The van der Waals surface area contributed by atoms with E-state index < -0.39 is 10.0 Å². The van der Waals surface area contributed by atoms with Gasteiger partial charge in [0.2, 0.25) is 10.0 Å². The molecule has 0 aromatic heterocycles. The van der Waals surface area contributed by atoms with Crippen LogP contribution in [-0.4, -0.2) is 12.7 Å². The average Bonchev–Trinajstić information content (AvgIpc) is 2.87. The average molecular weight is 388 g/mol. The van der Waals surface area contributed by atoms with Crippen LogP contribution in [0.3, 0.4) is 0 Å². The van der Waals surface area contributed by atoms with E-state index in [9.17, 15) is 8.42 Å². The Morgan fingerprint density at radius 2 is 1.71 bits per heavy atom. The molecule has 1 aliphatic rings. The number of sulfonamides is 1. The molecule has 7 heteroatoms. The van der Waals surface area contributed by atoms with Crippen molar-refractivity contribution in [2.45, 2.75) is 18.0 Å². The minimum absolute atomic E-state index is 0.0975. The summed E-state index contributed by atoms with van der Waals surface area (Å²) in [6, 6.07) is 10.6. The van der Waals surface area contributed by atoms with Crippen LogP contribution in [0, 0.1) is 0 Å². The van der Waals surface area contributed by atoms with Crippen LogP contribution in [0.5, 0.6) is 0 Å². The van der Waals surface area contributed by atoms with Crippen molar-refractivity contribution in [3.05, 3.63) is 57.0 Å². The van der Waals surface area contributed by atoms with E-state index in [1.54, 1.807) is 0 Å². The van der Waals surface area contributed by atoms with Gasteiger partial charge < -0.3 is 5.73 Å². The second kappa shape index (κ2) is 5.28. The third-order valence-electron chi connectivity index (χ3n) is 3.46. The zero-order chi connectivity index (χ0) is 15.2. The molecule has 0 amide bonds. The lowest BCUT2D eigenvalue weighted by Gasteiger charge is -2.17. The molecule has 0 fully saturated rings. The standard InChI is InChI=1S/C14H12BrClN2O2S/c15-14-12(17)5-11(16)6-13(14)21(19,20)18-7-9-3-1-2-4-10(9)8-18/h1-6H,7-8,17H2. The first kappa shape index (κ1) is 14.8. The second-order valence-electron chi connectivity index (χ2n) is 4.85. The number of anilines is 1. The van der Waals surface area contributed by atoms with Gasteiger partial charge in [-0.3, -0.25) is 0 Å². The summed E-state index contributed by atoms with van der Waals surface area (Å²) in [6.45, 7) is 0.717. The Balaban J connectivity index is 2.04. The van der Waals surface area contributed by atoms with Crippen molar-refractivity contribution in [3.8, 4) is 0 Å². The number of nitrogen functional groups attached to an aromatic ring is 1. The van der Waals surface area contributed by atoms with Gasteiger partial charge in [-0.1, -0.05) is 35.9 Å². The summed E-state index contributed by atoms with van der Waals surface area (Å²) in [6.07, 6.45) is 0. The van der Waals surface area contributed by atoms with Gasteiger partial charge in [0.15, 0.2) is 0 Å². The Morgan fingerprint density at radius 1 is 1.14 bits per heavy atom. The van der Waals surface area contributed by atoms with Crippen molar-refractivity contribution in [2.75, 3.05) is 5.73 Å². The van der Waals surface area contributed by atoms with E-state index in [-0.39, 0.29) is 4.90 Å². The monoisotopic (exact) mass is 386 g/mol. The molecule has 0 saturated heterocycles. The van der Waals surface area contributed by atoms with Crippen LogP contribution in [0.25, 0.3) is 0 Å². The topological polar surface area (TPSA) is 63.4 Å². The molecule has 1 aliphatic heterocycles. The molecule has 0 saturated carbocycles. The molecule has 0 spiro atoms. The normalized spacial score (nSPS) is 15.1. The van der Waals surface area contributed by atoms with Gasteiger partial charge in [-0.05, 0) is 39.2 Å². The van der Waals surface area contributed by atoms with Crippen molar-refractivity contribution in [2.24, 2.45) is 0 Å². The van der Waals surface area contributed by atoms with Gasteiger partial charge in [-0.15, -0.1) is 0 Å². The van der Waals surface area contributed by atoms with Crippen molar-refractivity contribution in [1.82, 2.24) is 4.31 Å². The Labute approximate surface area is 136 Å². The molecule has 0 radical (unpaired) electrons. The lowest BCUT2D eigenvalue weighted by Crippen LogP contribution is -2.26. The highest BCUT2D eigenvalue weighted by atomic mass is 79.9. The Kier molecular flexibility index (Phi) is 3.73. The fourth-order valence-electron chi connectivity index (χ4n) is 2.38. The largest absolute Gasteiger partial charge is 0.398 e. The molecular formula is C14H12BrClN2O2S. The maximum atomic E-state index is 12.8. The molecule has 21 heavy (non-hydrogen) atoms. The maximum absolute atomic E-state index is 12.8. The van der Waals surface area contributed by atoms with Crippen molar-refractivity contribution in [1.29, 1.82) is 0 Å². The van der Waals surface area contributed by atoms with Crippen molar-refractivity contribution >= 4 is 43.2 Å². The fraction of sp³-hybridized carbons (Fsp3) is 0.143. The Bertz CT molecular complexity index is 799. The van der Waals surface area contributed by atoms with E-state index in [1.165, 1.54) is 16.4 Å². The Hall–Kier alpha value is -1.08. The van der Waals surface area contributed by atoms with Gasteiger partial charge in [-0.25, -0.2) is 8.42 Å². The van der Waals surface area contributed by atoms with Crippen molar-refractivity contribution in [3.63, 3.8) is 0 Å². The number of hydrogen-bond acceptors (Lipinski definition) is 3. The van der Waals surface area contributed by atoms with Gasteiger partial charge in [0.05, 0.1) is 9.37 Å². The van der Waals surface area contributed by atoms with Gasteiger partial charge >= 0.3 is 0 Å². The number of rotatable bonds is 2. The first-order valence-electron chi connectivity index (χ1n) is 6.21. The van der Waals surface area contributed by atoms with Gasteiger partial charge in [0, 0.05) is 23.8 Å². The predicted molar refractivity (Wildman–Crippen MR) is 86.4 cm³/mol. The van der Waals surface area contributed by atoms with E-state index in [0.717, 1.165) is 11.1 Å². The maximum Gasteiger partial charge on any atom is 0.244 e. The molecule has 2 aromatic carbocycles. The second-order valence-corrected chi connectivity index (χ2v) is 7.98. The smallest absolute Gasteiger partial charge is 0.244 e. The lowest BCUT2D eigenvalue weighted by atomic mass is 10.1. The minimum Gasteiger partial charge on any atom is -0.398 e. The molecule has 3 rings (SSSR count).